The molecule has 1 unspecified atom stereocenters. The van der Waals surface area contributed by atoms with Crippen molar-refractivity contribution in [3.05, 3.63) is 53.9 Å². The fraction of sp³-hybridized carbons (Fsp3) is 0.333. The normalized spacial score (nSPS) is 17.3. The predicted molar refractivity (Wildman–Crippen MR) is 92.6 cm³/mol. The van der Waals surface area contributed by atoms with Gasteiger partial charge in [-0.15, -0.1) is 0 Å². The van der Waals surface area contributed by atoms with Crippen molar-refractivity contribution in [3.8, 4) is 0 Å². The number of carbonyl (C=O) groups is 2. The third kappa shape index (κ3) is 3.49. The zero-order chi connectivity index (χ0) is 17.1. The molecule has 6 heteroatoms. The molecule has 0 aliphatic carbocycles. The molecule has 0 radical (unpaired) electrons. The number of nitrogens with one attached hydrogen (secondary N) is 1. The molecule has 0 fully saturated rings. The number of rotatable bonds is 5. The van der Waals surface area contributed by atoms with Crippen molar-refractivity contribution in [1.29, 1.82) is 0 Å². The van der Waals surface area contributed by atoms with Gasteiger partial charge in [-0.05, 0) is 43.3 Å². The second-order valence-corrected chi connectivity index (χ2v) is 6.08. The van der Waals surface area contributed by atoms with Gasteiger partial charge in [0.05, 0.1) is 0 Å². The van der Waals surface area contributed by atoms with Gasteiger partial charge >= 0.3 is 0 Å². The van der Waals surface area contributed by atoms with Gasteiger partial charge in [0.1, 0.15) is 0 Å². The number of primary amides is 1. The van der Waals surface area contributed by atoms with Crippen LogP contribution in [0.3, 0.4) is 0 Å². The van der Waals surface area contributed by atoms with Crippen molar-refractivity contribution >= 4 is 17.5 Å². The van der Waals surface area contributed by atoms with Crippen molar-refractivity contribution in [2.24, 2.45) is 5.73 Å². The number of hydrogen-bond acceptors (Lipinski definition) is 3. The molecular weight excluding hydrogens is 304 g/mol. The number of amides is 2. The molecule has 6 nitrogen and oxygen atoms in total. The summed E-state index contributed by atoms with van der Waals surface area (Å²) in [5, 5.41) is 2.85. The Labute approximate surface area is 141 Å². The van der Waals surface area contributed by atoms with Gasteiger partial charge < -0.3 is 15.6 Å². The number of anilines is 1. The van der Waals surface area contributed by atoms with E-state index in [1.54, 1.807) is 24.3 Å². The number of aromatic nitrogens is 1. The number of fused-ring (bicyclic) bond motifs is 1. The smallest absolute Gasteiger partial charge is 0.248 e. The molecule has 0 bridgehead atoms. The van der Waals surface area contributed by atoms with Crippen LogP contribution in [0.5, 0.6) is 0 Å². The van der Waals surface area contributed by atoms with Crippen LogP contribution in [0.2, 0.25) is 0 Å². The summed E-state index contributed by atoms with van der Waals surface area (Å²) in [5.74, 6) is -0.508. The Bertz CT molecular complexity index is 736. The molecule has 0 saturated heterocycles. The molecule has 0 spiro atoms. The molecule has 1 aliphatic rings. The lowest BCUT2D eigenvalue weighted by Gasteiger charge is -2.34. The van der Waals surface area contributed by atoms with E-state index < -0.39 is 5.91 Å². The average molecular weight is 326 g/mol. The minimum atomic E-state index is -0.475. The molecule has 2 aromatic rings. The van der Waals surface area contributed by atoms with E-state index in [9.17, 15) is 9.59 Å². The van der Waals surface area contributed by atoms with Crippen molar-refractivity contribution in [2.45, 2.75) is 25.9 Å². The highest BCUT2D eigenvalue weighted by Gasteiger charge is 2.23. The Kier molecular flexibility index (Phi) is 4.66. The van der Waals surface area contributed by atoms with E-state index in [2.05, 4.69) is 40.0 Å². The maximum absolute atomic E-state index is 12.1. The Hall–Kier alpha value is -2.60. The van der Waals surface area contributed by atoms with Crippen LogP contribution in [0.1, 0.15) is 35.4 Å². The van der Waals surface area contributed by atoms with Crippen molar-refractivity contribution < 1.29 is 9.59 Å². The molecule has 1 aliphatic heterocycles. The first-order valence-corrected chi connectivity index (χ1v) is 8.13. The van der Waals surface area contributed by atoms with E-state index in [-0.39, 0.29) is 5.91 Å². The highest BCUT2D eigenvalue weighted by atomic mass is 16.2. The molecule has 3 N–H and O–H groups in total. The predicted octanol–water partition coefficient (Wildman–Crippen LogP) is 1.99. The SMILES string of the molecule is CC1c2cccn2CCN1CCC(=O)Nc1ccc(C(N)=O)cc1. The summed E-state index contributed by atoms with van der Waals surface area (Å²) >= 11 is 0. The van der Waals surface area contributed by atoms with Crippen LogP contribution in [0.15, 0.2) is 42.6 Å². The van der Waals surface area contributed by atoms with Crippen LogP contribution >= 0.6 is 0 Å². The Morgan fingerprint density at radius 2 is 1.96 bits per heavy atom. The molecule has 2 heterocycles. The fourth-order valence-corrected chi connectivity index (χ4v) is 3.12. The van der Waals surface area contributed by atoms with Gasteiger partial charge in [0, 0.05) is 55.2 Å². The van der Waals surface area contributed by atoms with E-state index in [1.807, 2.05) is 0 Å². The minimum Gasteiger partial charge on any atom is -0.366 e. The van der Waals surface area contributed by atoms with Crippen molar-refractivity contribution in [3.63, 3.8) is 0 Å². The molecule has 1 aromatic heterocycles. The van der Waals surface area contributed by atoms with Crippen LogP contribution in [0.4, 0.5) is 5.69 Å². The zero-order valence-corrected chi connectivity index (χ0v) is 13.7. The molecule has 126 valence electrons. The number of hydrogen-bond donors (Lipinski definition) is 2. The summed E-state index contributed by atoms with van der Waals surface area (Å²) in [7, 11) is 0. The highest BCUT2D eigenvalue weighted by molar-refractivity contribution is 5.94. The van der Waals surface area contributed by atoms with Gasteiger partial charge in [0.25, 0.3) is 0 Å². The van der Waals surface area contributed by atoms with Crippen LogP contribution < -0.4 is 11.1 Å². The summed E-state index contributed by atoms with van der Waals surface area (Å²) in [5.41, 5.74) is 7.60. The highest BCUT2D eigenvalue weighted by Crippen LogP contribution is 2.25. The summed E-state index contributed by atoms with van der Waals surface area (Å²) in [4.78, 5) is 25.5. The molecule has 1 aromatic carbocycles. The first-order valence-electron chi connectivity index (χ1n) is 8.13. The third-order valence-corrected chi connectivity index (χ3v) is 4.55. The van der Waals surface area contributed by atoms with Gasteiger partial charge in [0.15, 0.2) is 0 Å². The van der Waals surface area contributed by atoms with Crippen molar-refractivity contribution in [2.75, 3.05) is 18.4 Å². The molecular formula is C18H22N4O2. The summed E-state index contributed by atoms with van der Waals surface area (Å²) < 4.78 is 2.27. The van der Waals surface area contributed by atoms with Gasteiger partial charge in [-0.3, -0.25) is 14.5 Å². The first kappa shape index (κ1) is 16.3. The summed E-state index contributed by atoms with van der Waals surface area (Å²) in [6.45, 7) is 4.80. The quantitative estimate of drug-likeness (QED) is 0.882. The van der Waals surface area contributed by atoms with Gasteiger partial charge in [-0.25, -0.2) is 0 Å². The van der Waals surface area contributed by atoms with E-state index in [1.165, 1.54) is 5.69 Å². The lowest BCUT2D eigenvalue weighted by molar-refractivity contribution is -0.116. The number of nitrogens with two attached hydrogens (primary N) is 1. The summed E-state index contributed by atoms with van der Waals surface area (Å²) in [6, 6.07) is 11.1. The number of nitrogens with zero attached hydrogens (tertiary/aromatic N) is 2. The van der Waals surface area contributed by atoms with Crippen molar-refractivity contribution in [1.82, 2.24) is 9.47 Å². The molecule has 24 heavy (non-hydrogen) atoms. The van der Waals surface area contributed by atoms with Crippen LogP contribution in [0.25, 0.3) is 0 Å². The lowest BCUT2D eigenvalue weighted by Crippen LogP contribution is -2.38. The Morgan fingerprint density at radius 1 is 1.21 bits per heavy atom. The van der Waals surface area contributed by atoms with Gasteiger partial charge in [-0.2, -0.15) is 0 Å². The zero-order valence-electron chi connectivity index (χ0n) is 13.7. The number of benzene rings is 1. The van der Waals surface area contributed by atoms with Gasteiger partial charge in [0.2, 0.25) is 11.8 Å². The maximum Gasteiger partial charge on any atom is 0.248 e. The second-order valence-electron chi connectivity index (χ2n) is 6.08. The van der Waals surface area contributed by atoms with Crippen LogP contribution in [-0.2, 0) is 11.3 Å². The van der Waals surface area contributed by atoms with Crippen LogP contribution in [-0.4, -0.2) is 34.4 Å². The lowest BCUT2D eigenvalue weighted by atomic mass is 10.1. The summed E-state index contributed by atoms with van der Waals surface area (Å²) in [6.07, 6.45) is 2.54. The minimum absolute atomic E-state index is 0.0324. The second kappa shape index (κ2) is 6.88. The average Bonchev–Trinajstić information content (AvgIpc) is 3.04. The van der Waals surface area contributed by atoms with Crippen LogP contribution in [0, 0.1) is 0 Å². The number of carbonyl (C=O) groups excluding carboxylic acids is 2. The standard InChI is InChI=1S/C18H22N4O2/c1-13-16-3-2-9-22(16)12-11-21(13)10-8-17(23)20-15-6-4-14(5-7-15)18(19)24/h2-7,9,13H,8,10-12H2,1H3,(H2,19,24)(H,20,23). The Morgan fingerprint density at radius 3 is 2.67 bits per heavy atom. The van der Waals surface area contributed by atoms with E-state index in [0.29, 0.717) is 23.7 Å². The topological polar surface area (TPSA) is 80.4 Å². The van der Waals surface area contributed by atoms with E-state index in [4.69, 9.17) is 5.73 Å². The fourth-order valence-electron chi connectivity index (χ4n) is 3.12. The van der Waals surface area contributed by atoms with Gasteiger partial charge in [-0.1, -0.05) is 0 Å². The Balaban J connectivity index is 1.52. The maximum atomic E-state index is 12.1. The monoisotopic (exact) mass is 326 g/mol. The van der Waals surface area contributed by atoms with E-state index >= 15 is 0 Å². The molecule has 3 rings (SSSR count). The first-order chi connectivity index (χ1) is 11.5. The largest absolute Gasteiger partial charge is 0.366 e. The molecule has 2 amide bonds. The third-order valence-electron chi connectivity index (χ3n) is 4.55. The molecule has 1 atom stereocenters. The molecule has 0 saturated carbocycles. The van der Waals surface area contributed by atoms with E-state index in [0.717, 1.165) is 19.6 Å².